The maximum Gasteiger partial charge on any atom is 0.269 e. The predicted octanol–water partition coefficient (Wildman–Crippen LogP) is 0.885. The molecule has 0 fully saturated rings. The average Bonchev–Trinajstić information content (AvgIpc) is 2.73. The Morgan fingerprint density at radius 2 is 2.15 bits per heavy atom. The molecule has 2 rings (SSSR count). The number of benzene rings is 1. The van der Waals surface area contributed by atoms with Gasteiger partial charge >= 0.3 is 0 Å². The van der Waals surface area contributed by atoms with Crippen LogP contribution in [0, 0.1) is 12.7 Å². The fraction of sp³-hybridized carbons (Fsp3) is 0.100. The number of amides is 1. The van der Waals surface area contributed by atoms with Crippen molar-refractivity contribution in [2.24, 2.45) is 5.14 Å². The molecule has 0 radical (unpaired) electrons. The number of hydrogen-bond donors (Lipinski definition) is 2. The summed E-state index contributed by atoms with van der Waals surface area (Å²) in [6.07, 6.45) is 0. The Bertz CT molecular complexity index is 773. The topological polar surface area (TPSA) is 115 Å². The largest absolute Gasteiger partial charge is 0.320 e. The molecule has 7 nitrogen and oxygen atoms in total. The quantitative estimate of drug-likeness (QED) is 0.872. The Balaban J connectivity index is 2.41. The van der Waals surface area contributed by atoms with E-state index in [1.54, 1.807) is 6.92 Å². The molecule has 1 heterocycles. The Morgan fingerprint density at radius 3 is 2.70 bits per heavy atom. The second kappa shape index (κ2) is 5.23. The zero-order valence-electron chi connectivity index (χ0n) is 10.1. The average molecular weight is 316 g/mol. The summed E-state index contributed by atoms with van der Waals surface area (Å²) >= 11 is 0.847. The molecule has 0 saturated carbocycles. The third-order valence-electron chi connectivity index (χ3n) is 2.35. The van der Waals surface area contributed by atoms with E-state index < -0.39 is 21.7 Å². The van der Waals surface area contributed by atoms with Gasteiger partial charge in [-0.3, -0.25) is 4.79 Å². The number of sulfonamides is 1. The van der Waals surface area contributed by atoms with Crippen LogP contribution in [0.4, 0.5) is 10.1 Å². The number of aromatic nitrogens is 2. The molecule has 0 unspecified atom stereocenters. The van der Waals surface area contributed by atoms with Crippen molar-refractivity contribution >= 4 is 33.2 Å². The third-order valence-corrected chi connectivity index (χ3v) is 4.15. The molecule has 0 spiro atoms. The van der Waals surface area contributed by atoms with Crippen molar-refractivity contribution in [3.05, 3.63) is 34.6 Å². The molecule has 0 atom stereocenters. The van der Waals surface area contributed by atoms with E-state index in [1.165, 1.54) is 0 Å². The molecule has 1 amide bonds. The van der Waals surface area contributed by atoms with Gasteiger partial charge in [-0.1, -0.05) is 4.49 Å². The van der Waals surface area contributed by atoms with Crippen LogP contribution in [0.2, 0.25) is 0 Å². The van der Waals surface area contributed by atoms with Crippen LogP contribution in [0.15, 0.2) is 23.1 Å². The number of nitrogens with two attached hydrogens (primary N) is 1. The van der Waals surface area contributed by atoms with Crippen LogP contribution in [0.1, 0.15) is 15.4 Å². The van der Waals surface area contributed by atoms with Crippen molar-refractivity contribution < 1.29 is 17.6 Å². The van der Waals surface area contributed by atoms with Crippen molar-refractivity contribution in [3.8, 4) is 0 Å². The molecule has 20 heavy (non-hydrogen) atoms. The number of carbonyl (C=O) groups is 1. The van der Waals surface area contributed by atoms with Crippen LogP contribution < -0.4 is 10.5 Å². The Kier molecular flexibility index (Phi) is 3.79. The van der Waals surface area contributed by atoms with Crippen molar-refractivity contribution in [1.29, 1.82) is 0 Å². The van der Waals surface area contributed by atoms with Gasteiger partial charge in [0.05, 0.1) is 11.4 Å². The first-order valence-corrected chi connectivity index (χ1v) is 7.53. The highest BCUT2D eigenvalue weighted by atomic mass is 32.2. The first-order valence-electron chi connectivity index (χ1n) is 5.21. The summed E-state index contributed by atoms with van der Waals surface area (Å²) in [7, 11) is -4.08. The number of rotatable bonds is 3. The normalized spacial score (nSPS) is 11.3. The van der Waals surface area contributed by atoms with E-state index >= 15 is 0 Å². The molecule has 0 saturated heterocycles. The second-order valence-electron chi connectivity index (χ2n) is 3.83. The summed E-state index contributed by atoms with van der Waals surface area (Å²) in [5.41, 5.74) is 0.159. The molecular formula is C10H9FN4O3S2. The lowest BCUT2D eigenvalue weighted by molar-refractivity contribution is 0.102. The Hall–Kier alpha value is -1.91. The van der Waals surface area contributed by atoms with Gasteiger partial charge in [-0.25, -0.2) is 17.9 Å². The van der Waals surface area contributed by atoms with Crippen LogP contribution in [-0.4, -0.2) is 23.9 Å². The van der Waals surface area contributed by atoms with E-state index in [-0.39, 0.29) is 15.5 Å². The number of carbonyl (C=O) groups excluding carboxylic acids is 1. The van der Waals surface area contributed by atoms with Gasteiger partial charge in [-0.2, -0.15) is 0 Å². The molecule has 0 aliphatic rings. The van der Waals surface area contributed by atoms with E-state index in [4.69, 9.17) is 5.14 Å². The Morgan fingerprint density at radius 1 is 1.45 bits per heavy atom. The van der Waals surface area contributed by atoms with Crippen molar-refractivity contribution in [3.63, 3.8) is 0 Å². The number of aryl methyl sites for hydroxylation is 1. The SMILES string of the molecule is Cc1nnsc1C(=O)Nc1cc(F)ccc1S(N)(=O)=O. The van der Waals surface area contributed by atoms with Crippen LogP contribution in [0.3, 0.4) is 0 Å². The molecule has 1 aromatic heterocycles. The fourth-order valence-corrected chi connectivity index (χ4v) is 2.69. The minimum Gasteiger partial charge on any atom is -0.320 e. The lowest BCUT2D eigenvalue weighted by Gasteiger charge is -2.09. The van der Waals surface area contributed by atoms with Gasteiger partial charge in [-0.15, -0.1) is 5.10 Å². The number of halogens is 1. The van der Waals surface area contributed by atoms with Gasteiger partial charge < -0.3 is 5.32 Å². The van der Waals surface area contributed by atoms with Crippen molar-refractivity contribution in [1.82, 2.24) is 9.59 Å². The summed E-state index contributed by atoms with van der Waals surface area (Å²) < 4.78 is 39.5. The molecule has 2 aromatic rings. The van der Waals surface area contributed by atoms with E-state index in [0.29, 0.717) is 5.69 Å². The molecular weight excluding hydrogens is 307 g/mol. The van der Waals surface area contributed by atoms with E-state index in [2.05, 4.69) is 14.9 Å². The predicted molar refractivity (Wildman–Crippen MR) is 70.4 cm³/mol. The van der Waals surface area contributed by atoms with E-state index in [9.17, 15) is 17.6 Å². The summed E-state index contributed by atoms with van der Waals surface area (Å²) in [6, 6.07) is 2.80. The van der Waals surface area contributed by atoms with Crippen molar-refractivity contribution in [2.45, 2.75) is 11.8 Å². The van der Waals surface area contributed by atoms with Crippen LogP contribution in [0.25, 0.3) is 0 Å². The van der Waals surface area contributed by atoms with Gasteiger partial charge in [0.25, 0.3) is 5.91 Å². The first kappa shape index (κ1) is 14.5. The molecule has 3 N–H and O–H groups in total. The summed E-state index contributed by atoms with van der Waals surface area (Å²) in [6.45, 7) is 1.57. The Labute approximate surface area is 117 Å². The van der Waals surface area contributed by atoms with E-state index in [0.717, 1.165) is 29.7 Å². The van der Waals surface area contributed by atoms with Crippen molar-refractivity contribution in [2.75, 3.05) is 5.32 Å². The number of nitrogens with zero attached hydrogens (tertiary/aromatic N) is 2. The van der Waals surface area contributed by atoms with Crippen LogP contribution in [-0.2, 0) is 10.0 Å². The molecule has 106 valence electrons. The summed E-state index contributed by atoms with van der Waals surface area (Å²) in [5.74, 6) is -1.33. The molecule has 0 bridgehead atoms. The fourth-order valence-electron chi connectivity index (χ4n) is 1.47. The van der Waals surface area contributed by atoms with Gasteiger partial charge in [0.2, 0.25) is 10.0 Å². The van der Waals surface area contributed by atoms with Crippen LogP contribution in [0.5, 0.6) is 0 Å². The second-order valence-corrected chi connectivity index (χ2v) is 6.11. The number of nitrogens with one attached hydrogen (secondary N) is 1. The summed E-state index contributed by atoms with van der Waals surface area (Å²) in [4.78, 5) is 11.8. The lowest BCUT2D eigenvalue weighted by Crippen LogP contribution is -2.18. The van der Waals surface area contributed by atoms with Gasteiger partial charge in [-0.05, 0) is 36.7 Å². The smallest absolute Gasteiger partial charge is 0.269 e. The first-order chi connectivity index (χ1) is 9.29. The minimum absolute atomic E-state index is 0.203. The molecule has 10 heteroatoms. The highest BCUT2D eigenvalue weighted by molar-refractivity contribution is 7.89. The lowest BCUT2D eigenvalue weighted by atomic mass is 10.3. The number of primary sulfonamides is 1. The molecule has 1 aromatic carbocycles. The monoisotopic (exact) mass is 316 g/mol. The van der Waals surface area contributed by atoms with Crippen LogP contribution >= 0.6 is 11.5 Å². The van der Waals surface area contributed by atoms with Gasteiger partial charge in [0, 0.05) is 0 Å². The van der Waals surface area contributed by atoms with E-state index in [1.807, 2.05) is 0 Å². The zero-order chi connectivity index (χ0) is 14.9. The molecule has 0 aliphatic heterocycles. The van der Waals surface area contributed by atoms with Gasteiger partial charge in [0.15, 0.2) is 0 Å². The van der Waals surface area contributed by atoms with Gasteiger partial charge in [0.1, 0.15) is 15.6 Å². The zero-order valence-corrected chi connectivity index (χ0v) is 11.8. The number of anilines is 1. The highest BCUT2D eigenvalue weighted by Crippen LogP contribution is 2.22. The number of hydrogen-bond acceptors (Lipinski definition) is 6. The molecule has 0 aliphatic carbocycles. The third kappa shape index (κ3) is 2.98. The standard InChI is InChI=1S/C10H9FN4O3S2/c1-5-9(19-15-14-5)10(16)13-7-4-6(11)2-3-8(7)20(12,17)18/h2-4H,1H3,(H,13,16)(H2,12,17,18). The maximum atomic E-state index is 13.2. The minimum atomic E-state index is -4.08. The maximum absolute atomic E-state index is 13.2. The highest BCUT2D eigenvalue weighted by Gasteiger charge is 2.19. The summed E-state index contributed by atoms with van der Waals surface area (Å²) in [5, 5.41) is 11.0.